The van der Waals surface area contributed by atoms with Crippen LogP contribution in [0.5, 0.6) is 0 Å². The van der Waals surface area contributed by atoms with E-state index in [-0.39, 0.29) is 23.2 Å². The number of benzene rings is 2. The van der Waals surface area contributed by atoms with Crippen LogP contribution in [0.25, 0.3) is 0 Å². The van der Waals surface area contributed by atoms with Crippen LogP contribution in [0.1, 0.15) is 5.56 Å². The maximum Gasteiger partial charge on any atom is 0.410 e. The maximum absolute atomic E-state index is 13.9. The van der Waals surface area contributed by atoms with E-state index >= 15 is 0 Å². The number of halogens is 2. The summed E-state index contributed by atoms with van der Waals surface area (Å²) in [5, 5.41) is 0. The number of sulfonamides is 1. The smallest absolute Gasteiger partial charge is 0.205 e. The van der Waals surface area contributed by atoms with E-state index in [1.165, 1.54) is 12.1 Å². The van der Waals surface area contributed by atoms with Crippen molar-refractivity contribution in [2.45, 2.75) is 16.0 Å². The Kier molecular flexibility index (Phi) is 4.97. The molecule has 0 amide bonds. The average molecular weight is 329 g/mol. The second-order valence-electron chi connectivity index (χ2n) is 4.19. The molecule has 2 rings (SSSR count). The molecule has 0 aliphatic heterocycles. The lowest BCUT2D eigenvalue weighted by atomic mass is 10.2. The molecule has 0 bridgehead atoms. The Morgan fingerprint density at radius 2 is 1.48 bits per heavy atom. The molecule has 0 aliphatic rings. The molecule has 0 atom stereocenters. The average Bonchev–Trinajstić information content (AvgIpc) is 2.47. The van der Waals surface area contributed by atoms with Crippen LogP contribution in [0.4, 0.5) is 8.78 Å². The monoisotopic (exact) mass is 329 g/mol. The molecule has 0 radical (unpaired) electrons. The zero-order chi connectivity index (χ0) is 15.3. The second kappa shape index (κ2) is 6.55. The third-order valence-electron chi connectivity index (χ3n) is 2.60. The molecule has 0 aromatic heterocycles. The van der Waals surface area contributed by atoms with Crippen LogP contribution in [-0.2, 0) is 16.6 Å². The fraction of sp³-hybridized carbons (Fsp3) is 0.143. The third-order valence-corrected chi connectivity index (χ3v) is 5.41. The van der Waals surface area contributed by atoms with E-state index in [0.717, 1.165) is 0 Å². The molecule has 0 unspecified atom stereocenters. The zero-order valence-electron chi connectivity index (χ0n) is 10.9. The standard InChI is InChI=1S/C14H13F2NO2S2/c15-14(16,20-13-9-5-2-6-10-13)21(18,19)17-11-12-7-3-1-4-8-12/h1-10,17H,11H2. The molecule has 1 N–H and O–H groups in total. The number of rotatable bonds is 6. The number of hydrogen-bond donors (Lipinski definition) is 1. The minimum atomic E-state index is -4.78. The van der Waals surface area contributed by atoms with Gasteiger partial charge in [-0.25, -0.2) is 13.1 Å². The largest absolute Gasteiger partial charge is 0.410 e. The molecule has 7 heteroatoms. The molecule has 0 saturated carbocycles. The molecule has 2 aromatic rings. The molecular weight excluding hydrogens is 316 g/mol. The highest BCUT2D eigenvalue weighted by Gasteiger charge is 2.46. The summed E-state index contributed by atoms with van der Waals surface area (Å²) in [6.45, 7) is -0.173. The third kappa shape index (κ3) is 4.26. The molecule has 0 aliphatic carbocycles. The van der Waals surface area contributed by atoms with E-state index in [1.54, 1.807) is 48.5 Å². The molecule has 0 spiro atoms. The topological polar surface area (TPSA) is 46.2 Å². The van der Waals surface area contributed by atoms with Gasteiger partial charge in [0.15, 0.2) is 0 Å². The van der Waals surface area contributed by atoms with Crippen LogP contribution < -0.4 is 4.72 Å². The SMILES string of the molecule is O=S(=O)(NCc1ccccc1)C(F)(F)Sc1ccccc1. The quantitative estimate of drug-likeness (QED) is 0.826. The fourth-order valence-electron chi connectivity index (χ4n) is 1.54. The maximum atomic E-state index is 13.9. The van der Waals surface area contributed by atoms with E-state index in [4.69, 9.17) is 0 Å². The number of hydrogen-bond acceptors (Lipinski definition) is 3. The van der Waals surface area contributed by atoms with Crippen LogP contribution in [0.3, 0.4) is 0 Å². The van der Waals surface area contributed by atoms with Crippen molar-refractivity contribution in [2.75, 3.05) is 0 Å². The van der Waals surface area contributed by atoms with Gasteiger partial charge in [0.25, 0.3) is 10.0 Å². The molecule has 2 aromatic carbocycles. The van der Waals surface area contributed by atoms with Crippen molar-refractivity contribution in [3.05, 3.63) is 66.2 Å². The minimum Gasteiger partial charge on any atom is -0.205 e. The van der Waals surface area contributed by atoms with Gasteiger partial charge in [-0.15, -0.1) is 0 Å². The van der Waals surface area contributed by atoms with Gasteiger partial charge in [0.2, 0.25) is 0 Å². The Labute approximate surface area is 126 Å². The Morgan fingerprint density at radius 3 is 2.05 bits per heavy atom. The lowest BCUT2D eigenvalue weighted by molar-refractivity contribution is 0.193. The Bertz CT molecular complexity index is 677. The van der Waals surface area contributed by atoms with Crippen molar-refractivity contribution < 1.29 is 17.2 Å². The predicted molar refractivity (Wildman–Crippen MR) is 79.4 cm³/mol. The summed E-state index contributed by atoms with van der Waals surface area (Å²) >= 11 is 0.00417. The number of nitrogens with one attached hydrogen (secondary N) is 1. The molecule has 0 heterocycles. The Balaban J connectivity index is 2.07. The summed E-state index contributed by atoms with van der Waals surface area (Å²) in [6.07, 6.45) is 0. The molecule has 3 nitrogen and oxygen atoms in total. The summed E-state index contributed by atoms with van der Waals surface area (Å²) in [4.78, 5) is 0.188. The van der Waals surface area contributed by atoms with Gasteiger partial charge >= 0.3 is 4.59 Å². The van der Waals surface area contributed by atoms with Crippen LogP contribution >= 0.6 is 11.8 Å². The number of alkyl halides is 2. The van der Waals surface area contributed by atoms with Crippen LogP contribution in [0.2, 0.25) is 0 Å². The van der Waals surface area contributed by atoms with Gasteiger partial charge in [-0.2, -0.15) is 8.78 Å². The Hall–Kier alpha value is -1.44. The summed E-state index contributed by atoms with van der Waals surface area (Å²) in [7, 11) is -4.78. The van der Waals surface area contributed by atoms with E-state index in [9.17, 15) is 17.2 Å². The predicted octanol–water partition coefficient (Wildman–Crippen LogP) is 3.45. The van der Waals surface area contributed by atoms with Crippen molar-refractivity contribution in [2.24, 2.45) is 0 Å². The van der Waals surface area contributed by atoms with Gasteiger partial charge in [-0.1, -0.05) is 48.5 Å². The first-order valence-corrected chi connectivity index (χ1v) is 8.36. The van der Waals surface area contributed by atoms with E-state index in [1.807, 2.05) is 4.72 Å². The lowest BCUT2D eigenvalue weighted by Gasteiger charge is -2.17. The van der Waals surface area contributed by atoms with E-state index in [2.05, 4.69) is 0 Å². The Morgan fingerprint density at radius 1 is 0.952 bits per heavy atom. The fourth-order valence-corrected chi connectivity index (χ4v) is 3.54. The highest BCUT2D eigenvalue weighted by Crippen LogP contribution is 2.39. The van der Waals surface area contributed by atoms with Gasteiger partial charge in [0, 0.05) is 11.4 Å². The van der Waals surface area contributed by atoms with Crippen LogP contribution in [0.15, 0.2) is 65.6 Å². The second-order valence-corrected chi connectivity index (χ2v) is 7.44. The van der Waals surface area contributed by atoms with Crippen LogP contribution in [0, 0.1) is 0 Å². The summed E-state index contributed by atoms with van der Waals surface area (Å²) in [6, 6.07) is 16.2. The van der Waals surface area contributed by atoms with Crippen LogP contribution in [-0.4, -0.2) is 13.0 Å². The molecule has 21 heavy (non-hydrogen) atoms. The highest BCUT2D eigenvalue weighted by molar-refractivity contribution is 8.13. The van der Waals surface area contributed by atoms with E-state index in [0.29, 0.717) is 5.56 Å². The summed E-state index contributed by atoms with van der Waals surface area (Å²) < 4.78 is 49.3. The first kappa shape index (κ1) is 15.9. The van der Waals surface area contributed by atoms with Gasteiger partial charge in [-0.05, 0) is 29.5 Å². The van der Waals surface area contributed by atoms with Gasteiger partial charge in [-0.3, -0.25) is 0 Å². The summed E-state index contributed by atoms with van der Waals surface area (Å²) in [5.74, 6) is 0. The van der Waals surface area contributed by atoms with E-state index < -0.39 is 14.6 Å². The molecule has 112 valence electrons. The molecular formula is C14H13F2NO2S2. The normalized spacial score (nSPS) is 12.3. The van der Waals surface area contributed by atoms with Crippen molar-refractivity contribution in [3.8, 4) is 0 Å². The minimum absolute atomic E-state index is 0.00417. The lowest BCUT2D eigenvalue weighted by Crippen LogP contribution is -2.36. The number of thioether (sulfide) groups is 1. The van der Waals surface area contributed by atoms with Crippen molar-refractivity contribution in [1.82, 2.24) is 4.72 Å². The molecule has 0 fully saturated rings. The first-order chi connectivity index (χ1) is 9.91. The van der Waals surface area contributed by atoms with Gasteiger partial charge < -0.3 is 0 Å². The highest BCUT2D eigenvalue weighted by atomic mass is 32.3. The van der Waals surface area contributed by atoms with Crippen molar-refractivity contribution >= 4 is 21.8 Å². The van der Waals surface area contributed by atoms with Gasteiger partial charge in [0.05, 0.1) is 0 Å². The summed E-state index contributed by atoms with van der Waals surface area (Å²) in [5.41, 5.74) is 0.613. The first-order valence-electron chi connectivity index (χ1n) is 6.06. The van der Waals surface area contributed by atoms with Crippen molar-refractivity contribution in [1.29, 1.82) is 0 Å². The van der Waals surface area contributed by atoms with Gasteiger partial charge in [0.1, 0.15) is 0 Å². The van der Waals surface area contributed by atoms with Crippen molar-refractivity contribution in [3.63, 3.8) is 0 Å². The zero-order valence-corrected chi connectivity index (χ0v) is 12.5. The molecule has 0 saturated heterocycles.